The third kappa shape index (κ3) is 4.23. The normalized spacial score (nSPS) is 10.7. The van der Waals surface area contributed by atoms with Gasteiger partial charge >= 0.3 is 0 Å². The first kappa shape index (κ1) is 16.7. The molecular formula is C16H13BrN2OS3. The van der Waals surface area contributed by atoms with Crippen molar-refractivity contribution in [3.05, 3.63) is 56.7 Å². The van der Waals surface area contributed by atoms with E-state index < -0.39 is 0 Å². The molecule has 0 aliphatic rings. The van der Waals surface area contributed by atoms with Gasteiger partial charge in [0.05, 0.1) is 14.4 Å². The van der Waals surface area contributed by atoms with E-state index in [1.54, 1.807) is 23.1 Å². The molecule has 1 amide bonds. The van der Waals surface area contributed by atoms with E-state index in [2.05, 4.69) is 32.5 Å². The van der Waals surface area contributed by atoms with E-state index >= 15 is 0 Å². The number of thioether (sulfide) groups is 1. The van der Waals surface area contributed by atoms with Gasteiger partial charge in [-0.15, -0.1) is 22.7 Å². The third-order valence-corrected chi connectivity index (χ3v) is 6.10. The topological polar surface area (TPSA) is 42.0 Å². The maximum Gasteiger partial charge on any atom is 0.257 e. The number of amides is 1. The number of anilines is 1. The number of carbonyl (C=O) groups excluding carboxylic acids is 1. The second kappa shape index (κ2) is 7.61. The van der Waals surface area contributed by atoms with Crippen molar-refractivity contribution in [3.63, 3.8) is 0 Å². The fraction of sp³-hybridized carbons (Fsp3) is 0.125. The number of aromatic nitrogens is 1. The van der Waals surface area contributed by atoms with Gasteiger partial charge in [0.15, 0.2) is 5.13 Å². The fourth-order valence-corrected chi connectivity index (χ4v) is 4.64. The van der Waals surface area contributed by atoms with Crippen LogP contribution in [-0.4, -0.2) is 17.1 Å². The van der Waals surface area contributed by atoms with E-state index in [-0.39, 0.29) is 5.91 Å². The molecule has 0 bridgehead atoms. The quantitative estimate of drug-likeness (QED) is 0.566. The van der Waals surface area contributed by atoms with Gasteiger partial charge < -0.3 is 0 Å². The number of halogens is 1. The Labute approximate surface area is 155 Å². The summed E-state index contributed by atoms with van der Waals surface area (Å²) in [6.07, 6.45) is 2.06. The van der Waals surface area contributed by atoms with E-state index in [0.29, 0.717) is 10.7 Å². The number of benzene rings is 1. The molecule has 1 N–H and O–H groups in total. The zero-order chi connectivity index (χ0) is 16.2. The van der Waals surface area contributed by atoms with Crippen LogP contribution in [0.25, 0.3) is 10.6 Å². The van der Waals surface area contributed by atoms with Crippen LogP contribution < -0.4 is 5.32 Å². The van der Waals surface area contributed by atoms with Crippen molar-refractivity contribution < 1.29 is 4.79 Å². The molecule has 0 atom stereocenters. The Hall–Kier alpha value is -1.15. The van der Waals surface area contributed by atoms with Crippen molar-refractivity contribution in [3.8, 4) is 10.6 Å². The SMILES string of the molecule is CSCc1ccc(C(=O)Nc2nc(-c3ccc(Br)s3)cs2)cc1. The van der Waals surface area contributed by atoms with Gasteiger partial charge in [0.2, 0.25) is 0 Å². The molecule has 0 unspecified atom stereocenters. The lowest BCUT2D eigenvalue weighted by atomic mass is 10.1. The molecular weight excluding hydrogens is 412 g/mol. The lowest BCUT2D eigenvalue weighted by Crippen LogP contribution is -2.11. The van der Waals surface area contributed by atoms with Gasteiger partial charge in [-0.25, -0.2) is 4.98 Å². The molecule has 0 aliphatic carbocycles. The number of thiophene rings is 1. The number of thiazole rings is 1. The van der Waals surface area contributed by atoms with Gasteiger partial charge in [0, 0.05) is 16.7 Å². The Bertz CT molecular complexity index is 811. The number of nitrogens with zero attached hydrogens (tertiary/aromatic N) is 1. The lowest BCUT2D eigenvalue weighted by Gasteiger charge is -2.03. The zero-order valence-electron chi connectivity index (χ0n) is 12.2. The van der Waals surface area contributed by atoms with Crippen LogP contribution in [0.15, 0.2) is 45.6 Å². The van der Waals surface area contributed by atoms with Crippen LogP contribution in [0.1, 0.15) is 15.9 Å². The Balaban J connectivity index is 1.69. The monoisotopic (exact) mass is 424 g/mol. The molecule has 118 valence electrons. The first-order valence-corrected chi connectivity index (χ1v) is 10.6. The molecule has 0 saturated heterocycles. The third-order valence-electron chi connectivity index (χ3n) is 3.08. The van der Waals surface area contributed by atoms with Crippen LogP contribution >= 0.6 is 50.4 Å². The van der Waals surface area contributed by atoms with Gasteiger partial charge in [-0.1, -0.05) is 12.1 Å². The van der Waals surface area contributed by atoms with E-state index in [1.165, 1.54) is 16.9 Å². The van der Waals surface area contributed by atoms with Crippen LogP contribution in [0.3, 0.4) is 0 Å². The molecule has 0 fully saturated rings. The van der Waals surface area contributed by atoms with Crippen molar-refractivity contribution >= 4 is 61.4 Å². The summed E-state index contributed by atoms with van der Waals surface area (Å²) in [6.45, 7) is 0. The predicted octanol–water partition coefficient (Wildman–Crippen LogP) is 5.75. The largest absolute Gasteiger partial charge is 0.298 e. The molecule has 0 aliphatic heterocycles. The average molecular weight is 425 g/mol. The number of hydrogen-bond acceptors (Lipinski definition) is 5. The lowest BCUT2D eigenvalue weighted by molar-refractivity contribution is 0.102. The number of hydrogen-bond donors (Lipinski definition) is 1. The summed E-state index contributed by atoms with van der Waals surface area (Å²) in [7, 11) is 0. The van der Waals surface area contributed by atoms with Crippen molar-refractivity contribution in [1.82, 2.24) is 4.98 Å². The Morgan fingerprint density at radius 2 is 2.04 bits per heavy atom. The number of rotatable bonds is 5. The van der Waals surface area contributed by atoms with Crippen LogP contribution in [0, 0.1) is 0 Å². The first-order valence-electron chi connectivity index (χ1n) is 6.76. The summed E-state index contributed by atoms with van der Waals surface area (Å²) in [5, 5.41) is 5.43. The highest BCUT2D eigenvalue weighted by Gasteiger charge is 2.11. The minimum atomic E-state index is -0.131. The molecule has 2 aromatic heterocycles. The van der Waals surface area contributed by atoms with Crippen molar-refractivity contribution in [2.75, 3.05) is 11.6 Å². The van der Waals surface area contributed by atoms with E-state index in [4.69, 9.17) is 0 Å². The highest BCUT2D eigenvalue weighted by Crippen LogP contribution is 2.33. The molecule has 0 radical (unpaired) electrons. The van der Waals surface area contributed by atoms with Gasteiger partial charge in [-0.2, -0.15) is 11.8 Å². The molecule has 2 heterocycles. The number of carbonyl (C=O) groups is 1. The highest BCUT2D eigenvalue weighted by atomic mass is 79.9. The van der Waals surface area contributed by atoms with Gasteiger partial charge in [-0.3, -0.25) is 10.1 Å². The van der Waals surface area contributed by atoms with Crippen molar-refractivity contribution in [1.29, 1.82) is 0 Å². The van der Waals surface area contributed by atoms with Gasteiger partial charge in [-0.05, 0) is 52.0 Å². The molecule has 1 aromatic carbocycles. The maximum absolute atomic E-state index is 12.3. The summed E-state index contributed by atoms with van der Waals surface area (Å²) in [6, 6.07) is 11.7. The summed E-state index contributed by atoms with van der Waals surface area (Å²) in [5.74, 6) is 0.822. The minimum absolute atomic E-state index is 0.131. The summed E-state index contributed by atoms with van der Waals surface area (Å²) < 4.78 is 1.07. The second-order valence-corrected chi connectivity index (χ2v) is 8.91. The zero-order valence-corrected chi connectivity index (χ0v) is 16.2. The molecule has 23 heavy (non-hydrogen) atoms. The van der Waals surface area contributed by atoms with E-state index in [1.807, 2.05) is 41.8 Å². The van der Waals surface area contributed by atoms with Crippen LogP contribution in [0.5, 0.6) is 0 Å². The number of nitrogens with one attached hydrogen (secondary N) is 1. The highest BCUT2D eigenvalue weighted by molar-refractivity contribution is 9.11. The summed E-state index contributed by atoms with van der Waals surface area (Å²) in [4.78, 5) is 17.8. The van der Waals surface area contributed by atoms with Crippen LogP contribution in [-0.2, 0) is 5.75 Å². The molecule has 0 spiro atoms. The maximum atomic E-state index is 12.3. The minimum Gasteiger partial charge on any atom is -0.298 e. The Morgan fingerprint density at radius 1 is 1.26 bits per heavy atom. The summed E-state index contributed by atoms with van der Waals surface area (Å²) >= 11 is 8.26. The standard InChI is InChI=1S/C16H13BrN2OS3/c1-21-8-10-2-4-11(5-3-10)15(20)19-16-18-12(9-22-16)13-6-7-14(17)23-13/h2-7,9H,8H2,1H3,(H,18,19,20). The smallest absolute Gasteiger partial charge is 0.257 e. The Kier molecular flexibility index (Phi) is 5.53. The molecule has 3 nitrogen and oxygen atoms in total. The second-order valence-electron chi connectivity index (χ2n) is 4.73. The first-order chi connectivity index (χ1) is 11.2. The van der Waals surface area contributed by atoms with Gasteiger partial charge in [0.25, 0.3) is 5.91 Å². The van der Waals surface area contributed by atoms with E-state index in [9.17, 15) is 4.79 Å². The van der Waals surface area contributed by atoms with Crippen molar-refractivity contribution in [2.24, 2.45) is 0 Å². The predicted molar refractivity (Wildman–Crippen MR) is 105 cm³/mol. The van der Waals surface area contributed by atoms with Crippen LogP contribution in [0.4, 0.5) is 5.13 Å². The van der Waals surface area contributed by atoms with Crippen molar-refractivity contribution in [2.45, 2.75) is 5.75 Å². The molecule has 3 aromatic rings. The molecule has 3 rings (SSSR count). The molecule has 0 saturated carbocycles. The fourth-order valence-electron chi connectivity index (χ4n) is 1.98. The van der Waals surface area contributed by atoms with Gasteiger partial charge in [0.1, 0.15) is 0 Å². The molecule has 7 heteroatoms. The van der Waals surface area contributed by atoms with E-state index in [0.717, 1.165) is 20.1 Å². The summed E-state index contributed by atoms with van der Waals surface area (Å²) in [5.41, 5.74) is 2.75. The van der Waals surface area contributed by atoms with Crippen LogP contribution in [0.2, 0.25) is 0 Å². The average Bonchev–Trinajstić information content (AvgIpc) is 3.17. The Morgan fingerprint density at radius 3 is 2.70 bits per heavy atom.